The number of fused-ring (bicyclic) bond motifs is 5. The quantitative estimate of drug-likeness (QED) is 0.587. The summed E-state index contributed by atoms with van der Waals surface area (Å²) in [6, 6.07) is 3.64. The van der Waals surface area contributed by atoms with Crippen molar-refractivity contribution in [3.05, 3.63) is 32.7 Å². The number of nitrogens with zero attached hydrogens (tertiary/aromatic N) is 3. The van der Waals surface area contributed by atoms with Crippen LogP contribution in [0.2, 0.25) is 0 Å². The van der Waals surface area contributed by atoms with E-state index in [1.165, 1.54) is 10.8 Å². The molecule has 4 rings (SSSR count). The van der Waals surface area contributed by atoms with Gasteiger partial charge in [-0.2, -0.15) is 5.26 Å². The highest BCUT2D eigenvalue weighted by atomic mass is 127. The van der Waals surface area contributed by atoms with Crippen LogP contribution in [0.1, 0.15) is 37.1 Å². The van der Waals surface area contributed by atoms with E-state index >= 15 is 0 Å². The predicted molar refractivity (Wildman–Crippen MR) is 90.7 cm³/mol. The first kappa shape index (κ1) is 15.7. The summed E-state index contributed by atoms with van der Waals surface area (Å²) >= 11 is 1.98. The second-order valence-electron chi connectivity index (χ2n) is 6.53. The van der Waals surface area contributed by atoms with Crippen molar-refractivity contribution in [2.75, 3.05) is 0 Å². The highest BCUT2D eigenvalue weighted by Crippen LogP contribution is 2.64. The Bertz CT molecular complexity index is 934. The van der Waals surface area contributed by atoms with Crippen molar-refractivity contribution in [1.82, 2.24) is 9.55 Å². The van der Waals surface area contributed by atoms with Gasteiger partial charge in [0.15, 0.2) is 5.69 Å². The largest absolute Gasteiger partial charge is 0.494 e. The molecule has 124 valence electrons. The number of ether oxygens (including phenoxy) is 1. The van der Waals surface area contributed by atoms with Gasteiger partial charge in [-0.1, -0.05) is 0 Å². The van der Waals surface area contributed by atoms with Gasteiger partial charge in [-0.25, -0.2) is 9.55 Å². The van der Waals surface area contributed by atoms with Crippen molar-refractivity contribution in [2.24, 2.45) is 0 Å². The molecule has 24 heavy (non-hydrogen) atoms. The third-order valence-electron chi connectivity index (χ3n) is 4.99. The fourth-order valence-corrected chi connectivity index (χ4v) is 4.49. The van der Waals surface area contributed by atoms with Crippen LogP contribution in [0.15, 0.2) is 12.3 Å². The number of rotatable bonds is 1. The molecule has 0 aromatic carbocycles. The summed E-state index contributed by atoms with van der Waals surface area (Å²) in [5.74, 6) is -0.322. The van der Waals surface area contributed by atoms with E-state index in [2.05, 4.69) is 4.98 Å². The van der Waals surface area contributed by atoms with Crippen molar-refractivity contribution >= 4 is 22.6 Å². The molecule has 0 unspecified atom stereocenters. The first-order chi connectivity index (χ1) is 11.2. The van der Waals surface area contributed by atoms with E-state index in [1.54, 1.807) is 19.9 Å². The van der Waals surface area contributed by atoms with Crippen LogP contribution >= 0.6 is 22.6 Å². The van der Waals surface area contributed by atoms with E-state index in [0.29, 0.717) is 26.8 Å². The molecule has 0 spiro atoms. The van der Waals surface area contributed by atoms with Crippen LogP contribution in [-0.4, -0.2) is 31.0 Å². The van der Waals surface area contributed by atoms with Crippen LogP contribution in [0, 0.1) is 14.9 Å². The maximum absolute atomic E-state index is 10.7. The lowest BCUT2D eigenvalue weighted by molar-refractivity contribution is -0.0936. The Morgan fingerprint density at radius 2 is 2.04 bits per heavy atom. The van der Waals surface area contributed by atoms with E-state index in [0.717, 1.165) is 0 Å². The Morgan fingerprint density at radius 1 is 1.38 bits per heavy atom. The number of nitriles is 1. The monoisotopic (exact) mass is 439 g/mol. The Kier molecular flexibility index (Phi) is 3.02. The van der Waals surface area contributed by atoms with Crippen LogP contribution in [0.5, 0.6) is 11.8 Å². The standard InChI is InChI=1S/C16H14IN3O4/c1-15-4-10(21)16(2,24-15)12-11(15)13(22)20(14(12)23)7-3-8(17)9(5-18)19-6-7/h3,6,10,21-23H,4H2,1-2H3/t10-,15+,16-/m1/s1. The van der Waals surface area contributed by atoms with Gasteiger partial charge in [0.05, 0.1) is 38.3 Å². The smallest absolute Gasteiger partial charge is 0.205 e. The molecular weight excluding hydrogens is 425 g/mol. The molecule has 2 aromatic heterocycles. The van der Waals surface area contributed by atoms with E-state index in [9.17, 15) is 15.3 Å². The van der Waals surface area contributed by atoms with Gasteiger partial charge >= 0.3 is 0 Å². The molecule has 7 nitrogen and oxygen atoms in total. The molecule has 2 aromatic rings. The van der Waals surface area contributed by atoms with Crippen LogP contribution < -0.4 is 0 Å². The van der Waals surface area contributed by atoms with Crippen LogP contribution in [0.4, 0.5) is 0 Å². The summed E-state index contributed by atoms with van der Waals surface area (Å²) in [7, 11) is 0. The zero-order valence-electron chi connectivity index (χ0n) is 12.9. The van der Waals surface area contributed by atoms with Crippen LogP contribution in [0.25, 0.3) is 5.69 Å². The SMILES string of the molecule is C[C@@]12O[C@@](C)(C[C@H]1O)c1c2c(O)n(-c2cnc(C#N)c(I)c2)c1O. The minimum absolute atomic E-state index is 0.136. The van der Waals surface area contributed by atoms with Gasteiger partial charge in [0.25, 0.3) is 0 Å². The van der Waals surface area contributed by atoms with Gasteiger partial charge in [-0.3, -0.25) is 0 Å². The summed E-state index contributed by atoms with van der Waals surface area (Å²) in [6.45, 7) is 3.50. The lowest BCUT2D eigenvalue weighted by Gasteiger charge is -2.25. The summed E-state index contributed by atoms with van der Waals surface area (Å²) in [4.78, 5) is 4.05. The molecule has 3 atom stereocenters. The Morgan fingerprint density at radius 3 is 2.67 bits per heavy atom. The van der Waals surface area contributed by atoms with E-state index in [-0.39, 0.29) is 17.5 Å². The summed E-state index contributed by atoms with van der Waals surface area (Å²) in [5.41, 5.74) is -0.319. The van der Waals surface area contributed by atoms with Gasteiger partial charge in [-0.15, -0.1) is 0 Å². The summed E-state index contributed by atoms with van der Waals surface area (Å²) < 4.78 is 7.82. The number of aromatic nitrogens is 2. The lowest BCUT2D eigenvalue weighted by atomic mass is 9.78. The first-order valence-electron chi connectivity index (χ1n) is 7.35. The predicted octanol–water partition coefficient (Wildman–Crippen LogP) is 1.98. The Balaban J connectivity index is 1.98. The Labute approximate surface area is 151 Å². The van der Waals surface area contributed by atoms with Crippen molar-refractivity contribution < 1.29 is 20.1 Å². The minimum atomic E-state index is -1.07. The van der Waals surface area contributed by atoms with Crippen LogP contribution in [0.3, 0.4) is 0 Å². The molecule has 0 saturated carbocycles. The summed E-state index contributed by atoms with van der Waals surface area (Å²) in [5, 5.41) is 40.8. The molecule has 2 bridgehead atoms. The Hall–Kier alpha value is -1.83. The number of halogens is 1. The number of hydrogen-bond acceptors (Lipinski definition) is 6. The zero-order valence-corrected chi connectivity index (χ0v) is 15.1. The van der Waals surface area contributed by atoms with Gasteiger partial charge in [0.1, 0.15) is 11.7 Å². The zero-order chi connectivity index (χ0) is 17.4. The molecule has 4 heterocycles. The third-order valence-corrected chi connectivity index (χ3v) is 5.82. The van der Waals surface area contributed by atoms with Crippen molar-refractivity contribution in [3.63, 3.8) is 0 Å². The molecular formula is C16H14IN3O4. The normalized spacial score (nSPS) is 30.4. The number of aromatic hydroxyl groups is 2. The number of aliphatic hydroxyl groups is 1. The molecule has 2 aliphatic rings. The molecule has 1 saturated heterocycles. The molecule has 0 radical (unpaired) electrons. The molecule has 8 heteroatoms. The molecule has 0 amide bonds. The maximum atomic E-state index is 10.7. The highest BCUT2D eigenvalue weighted by molar-refractivity contribution is 14.1. The molecule has 1 fully saturated rings. The van der Waals surface area contributed by atoms with Gasteiger partial charge in [0, 0.05) is 6.42 Å². The minimum Gasteiger partial charge on any atom is -0.494 e. The summed E-state index contributed by atoms with van der Waals surface area (Å²) in [6.07, 6.45) is 0.992. The highest BCUT2D eigenvalue weighted by Gasteiger charge is 2.64. The lowest BCUT2D eigenvalue weighted by Crippen LogP contribution is -2.32. The average molecular weight is 439 g/mol. The van der Waals surface area contributed by atoms with E-state index in [4.69, 9.17) is 10.00 Å². The first-order valence-corrected chi connectivity index (χ1v) is 8.42. The molecule has 2 aliphatic heterocycles. The van der Waals surface area contributed by atoms with Gasteiger partial charge in [-0.05, 0) is 42.5 Å². The maximum Gasteiger partial charge on any atom is 0.205 e. The van der Waals surface area contributed by atoms with E-state index in [1.807, 2.05) is 28.7 Å². The topological polar surface area (TPSA) is 112 Å². The van der Waals surface area contributed by atoms with Gasteiger partial charge < -0.3 is 20.1 Å². The fourth-order valence-electron chi connectivity index (χ4n) is 3.91. The molecule has 0 aliphatic carbocycles. The van der Waals surface area contributed by atoms with Crippen molar-refractivity contribution in [2.45, 2.75) is 37.6 Å². The third kappa shape index (κ3) is 1.69. The number of aliphatic hydroxyl groups excluding tert-OH is 1. The second-order valence-corrected chi connectivity index (χ2v) is 7.69. The number of pyridine rings is 1. The second kappa shape index (κ2) is 4.62. The molecule has 3 N–H and O–H groups in total. The van der Waals surface area contributed by atoms with Crippen LogP contribution in [-0.2, 0) is 15.9 Å². The number of hydrogen-bond donors (Lipinski definition) is 3. The average Bonchev–Trinajstić information content (AvgIpc) is 3.01. The van der Waals surface area contributed by atoms with E-state index < -0.39 is 17.3 Å². The van der Waals surface area contributed by atoms with Crippen molar-refractivity contribution in [1.29, 1.82) is 5.26 Å². The fraction of sp³-hybridized carbons (Fsp3) is 0.375. The van der Waals surface area contributed by atoms with Gasteiger partial charge in [0.2, 0.25) is 11.8 Å². The van der Waals surface area contributed by atoms with Crippen molar-refractivity contribution in [3.8, 4) is 23.5 Å².